The van der Waals surface area contributed by atoms with Crippen LogP contribution in [0.25, 0.3) is 11.0 Å². The van der Waals surface area contributed by atoms with E-state index in [4.69, 9.17) is 9.15 Å². The van der Waals surface area contributed by atoms with Crippen molar-refractivity contribution in [3.63, 3.8) is 0 Å². The molecule has 4 nitrogen and oxygen atoms in total. The molecule has 1 amide bonds. The maximum Gasteiger partial charge on any atom is 0.290 e. The third-order valence-electron chi connectivity index (χ3n) is 4.63. The van der Waals surface area contributed by atoms with E-state index in [-0.39, 0.29) is 18.1 Å². The molecule has 110 valence electrons. The lowest BCUT2D eigenvalue weighted by molar-refractivity contribution is -0.0759. The number of ether oxygens (including phenoxy) is 1. The SMILES string of the molecule is O=C(c1cc2ccccc2o1)N1CCO[C@@H]2CCCC[C@@H]21. The number of rotatable bonds is 1. The van der Waals surface area contributed by atoms with Gasteiger partial charge in [0.05, 0.1) is 18.8 Å². The predicted octanol–water partition coefficient (Wildman–Crippen LogP) is 3.22. The molecule has 1 saturated heterocycles. The van der Waals surface area contributed by atoms with E-state index in [9.17, 15) is 4.79 Å². The summed E-state index contributed by atoms with van der Waals surface area (Å²) < 4.78 is 11.6. The first-order valence-corrected chi connectivity index (χ1v) is 7.74. The topological polar surface area (TPSA) is 42.7 Å². The molecule has 4 heteroatoms. The summed E-state index contributed by atoms with van der Waals surface area (Å²) in [6.45, 7) is 1.30. The van der Waals surface area contributed by atoms with Crippen molar-refractivity contribution in [2.45, 2.75) is 37.8 Å². The lowest BCUT2D eigenvalue weighted by Gasteiger charge is -2.43. The first kappa shape index (κ1) is 12.9. The molecule has 1 aliphatic heterocycles. The second-order valence-corrected chi connectivity index (χ2v) is 5.91. The van der Waals surface area contributed by atoms with Crippen molar-refractivity contribution in [3.8, 4) is 0 Å². The summed E-state index contributed by atoms with van der Waals surface area (Å²) in [5, 5.41) is 0.981. The Morgan fingerprint density at radius 3 is 2.95 bits per heavy atom. The largest absolute Gasteiger partial charge is 0.451 e. The zero-order valence-corrected chi connectivity index (χ0v) is 12.0. The highest BCUT2D eigenvalue weighted by molar-refractivity contribution is 5.96. The molecule has 0 radical (unpaired) electrons. The number of hydrogen-bond donors (Lipinski definition) is 0. The van der Waals surface area contributed by atoms with E-state index in [2.05, 4.69) is 0 Å². The molecule has 4 rings (SSSR count). The monoisotopic (exact) mass is 285 g/mol. The van der Waals surface area contributed by atoms with E-state index in [1.807, 2.05) is 35.2 Å². The van der Waals surface area contributed by atoms with Crippen LogP contribution in [0, 0.1) is 0 Å². The van der Waals surface area contributed by atoms with Crippen LogP contribution in [0.2, 0.25) is 0 Å². The summed E-state index contributed by atoms with van der Waals surface area (Å²) in [7, 11) is 0. The number of morpholine rings is 1. The number of carbonyl (C=O) groups is 1. The maximum atomic E-state index is 12.8. The third-order valence-corrected chi connectivity index (χ3v) is 4.63. The molecule has 21 heavy (non-hydrogen) atoms. The average molecular weight is 285 g/mol. The van der Waals surface area contributed by atoms with Crippen molar-refractivity contribution >= 4 is 16.9 Å². The third kappa shape index (κ3) is 2.23. The predicted molar refractivity (Wildman–Crippen MR) is 79.2 cm³/mol. The minimum atomic E-state index is 0.00593. The second kappa shape index (κ2) is 5.19. The van der Waals surface area contributed by atoms with Crippen molar-refractivity contribution in [2.24, 2.45) is 0 Å². The van der Waals surface area contributed by atoms with Crippen LogP contribution >= 0.6 is 0 Å². The lowest BCUT2D eigenvalue weighted by Crippen LogP contribution is -2.54. The molecule has 2 heterocycles. The highest BCUT2D eigenvalue weighted by Crippen LogP contribution is 2.30. The van der Waals surface area contributed by atoms with Gasteiger partial charge in [0.2, 0.25) is 0 Å². The Balaban J connectivity index is 1.63. The summed E-state index contributed by atoms with van der Waals surface area (Å²) in [5.74, 6) is 0.453. The van der Waals surface area contributed by atoms with E-state index >= 15 is 0 Å². The Bertz CT molecular complexity index is 628. The Morgan fingerprint density at radius 2 is 2.05 bits per heavy atom. The molecule has 0 spiro atoms. The fourth-order valence-corrected chi connectivity index (χ4v) is 3.58. The molecular formula is C17H19NO3. The Hall–Kier alpha value is -1.81. The number of hydrogen-bond acceptors (Lipinski definition) is 3. The molecule has 1 saturated carbocycles. The number of furan rings is 1. The quantitative estimate of drug-likeness (QED) is 0.808. The summed E-state index contributed by atoms with van der Waals surface area (Å²) in [6.07, 6.45) is 4.69. The average Bonchev–Trinajstić information content (AvgIpc) is 2.97. The van der Waals surface area contributed by atoms with Crippen LogP contribution in [-0.4, -0.2) is 36.1 Å². The van der Waals surface area contributed by atoms with Gasteiger partial charge in [0.25, 0.3) is 5.91 Å². The van der Waals surface area contributed by atoms with Crippen molar-refractivity contribution in [2.75, 3.05) is 13.2 Å². The van der Waals surface area contributed by atoms with Gasteiger partial charge in [0.1, 0.15) is 5.58 Å². The number of carbonyl (C=O) groups excluding carboxylic acids is 1. The molecule has 2 aliphatic rings. The number of nitrogens with zero attached hydrogens (tertiary/aromatic N) is 1. The maximum absolute atomic E-state index is 12.8. The number of fused-ring (bicyclic) bond motifs is 2. The van der Waals surface area contributed by atoms with Crippen LogP contribution < -0.4 is 0 Å². The van der Waals surface area contributed by atoms with Gasteiger partial charge in [-0.2, -0.15) is 0 Å². The van der Waals surface area contributed by atoms with Gasteiger partial charge in [-0.05, 0) is 25.0 Å². The summed E-state index contributed by atoms with van der Waals surface area (Å²) >= 11 is 0. The molecule has 0 N–H and O–H groups in total. The van der Waals surface area contributed by atoms with Gasteiger partial charge in [-0.1, -0.05) is 31.0 Å². The van der Waals surface area contributed by atoms with Crippen LogP contribution in [0.4, 0.5) is 0 Å². The molecule has 2 atom stereocenters. The number of amides is 1. The van der Waals surface area contributed by atoms with E-state index in [1.54, 1.807) is 0 Å². The van der Waals surface area contributed by atoms with Gasteiger partial charge < -0.3 is 14.1 Å². The normalized spacial score (nSPS) is 25.8. The van der Waals surface area contributed by atoms with Gasteiger partial charge in [-0.3, -0.25) is 4.79 Å². The summed E-state index contributed by atoms with van der Waals surface area (Å²) in [4.78, 5) is 14.8. The van der Waals surface area contributed by atoms with Gasteiger partial charge in [-0.25, -0.2) is 0 Å². The van der Waals surface area contributed by atoms with Crippen molar-refractivity contribution in [1.82, 2.24) is 4.90 Å². The fourth-order valence-electron chi connectivity index (χ4n) is 3.58. The first-order chi connectivity index (χ1) is 10.3. The standard InChI is InChI=1S/C17H19NO3/c19-17(16-11-12-5-1-3-7-14(12)21-16)18-9-10-20-15-8-4-2-6-13(15)18/h1,3,5,7,11,13,15H,2,4,6,8-10H2/t13-,15+/m0/s1. The van der Waals surface area contributed by atoms with Crippen molar-refractivity contribution < 1.29 is 13.9 Å². The van der Waals surface area contributed by atoms with Crippen LogP contribution in [-0.2, 0) is 4.74 Å². The van der Waals surface area contributed by atoms with Gasteiger partial charge >= 0.3 is 0 Å². The van der Waals surface area contributed by atoms with Crippen LogP contribution in [0.1, 0.15) is 36.2 Å². The van der Waals surface area contributed by atoms with Crippen molar-refractivity contribution in [3.05, 3.63) is 36.1 Å². The molecule has 0 unspecified atom stereocenters. The first-order valence-electron chi connectivity index (χ1n) is 7.74. The number of benzene rings is 1. The molecule has 2 fully saturated rings. The Morgan fingerprint density at radius 1 is 1.19 bits per heavy atom. The molecule has 1 aromatic heterocycles. The Labute approximate surface area is 123 Å². The van der Waals surface area contributed by atoms with Crippen LogP contribution in [0.3, 0.4) is 0 Å². The minimum absolute atomic E-state index is 0.00593. The second-order valence-electron chi connectivity index (χ2n) is 5.91. The smallest absolute Gasteiger partial charge is 0.290 e. The highest BCUT2D eigenvalue weighted by Gasteiger charge is 2.37. The van der Waals surface area contributed by atoms with Crippen LogP contribution in [0.15, 0.2) is 34.7 Å². The fraction of sp³-hybridized carbons (Fsp3) is 0.471. The van der Waals surface area contributed by atoms with E-state index in [0.717, 1.165) is 23.8 Å². The van der Waals surface area contributed by atoms with E-state index < -0.39 is 0 Å². The van der Waals surface area contributed by atoms with Gasteiger partial charge in [0, 0.05) is 11.9 Å². The zero-order chi connectivity index (χ0) is 14.2. The molecule has 2 aromatic rings. The van der Waals surface area contributed by atoms with Crippen molar-refractivity contribution in [1.29, 1.82) is 0 Å². The van der Waals surface area contributed by atoms with E-state index in [1.165, 1.54) is 12.8 Å². The molecular weight excluding hydrogens is 266 g/mol. The number of para-hydroxylation sites is 1. The Kier molecular flexibility index (Phi) is 3.19. The zero-order valence-electron chi connectivity index (χ0n) is 12.0. The summed E-state index contributed by atoms with van der Waals surface area (Å²) in [5.41, 5.74) is 0.773. The summed E-state index contributed by atoms with van der Waals surface area (Å²) in [6, 6.07) is 9.82. The molecule has 1 aliphatic carbocycles. The molecule has 1 aromatic carbocycles. The minimum Gasteiger partial charge on any atom is -0.451 e. The van der Waals surface area contributed by atoms with E-state index in [0.29, 0.717) is 18.9 Å². The lowest BCUT2D eigenvalue weighted by atomic mass is 9.90. The van der Waals surface area contributed by atoms with Gasteiger partial charge in [0.15, 0.2) is 5.76 Å². The van der Waals surface area contributed by atoms with Gasteiger partial charge in [-0.15, -0.1) is 0 Å². The molecule has 0 bridgehead atoms. The highest BCUT2D eigenvalue weighted by atomic mass is 16.5. The van der Waals surface area contributed by atoms with Crippen LogP contribution in [0.5, 0.6) is 0 Å².